The number of hydrogen-bond acceptors (Lipinski definition) is 4. The summed E-state index contributed by atoms with van der Waals surface area (Å²) >= 11 is 0. The second-order valence-corrected chi connectivity index (χ2v) is 6.57. The summed E-state index contributed by atoms with van der Waals surface area (Å²) in [5.74, 6) is 1.42. The van der Waals surface area contributed by atoms with E-state index in [1.165, 1.54) is 6.07 Å². The molecule has 4 aromatic rings. The summed E-state index contributed by atoms with van der Waals surface area (Å²) in [6.07, 6.45) is 3.83. The van der Waals surface area contributed by atoms with Gasteiger partial charge in [-0.15, -0.1) is 0 Å². The van der Waals surface area contributed by atoms with Crippen molar-refractivity contribution in [2.45, 2.75) is 6.92 Å². The molecule has 0 bridgehead atoms. The smallest absolute Gasteiger partial charge is 0.336 e. The molecule has 0 radical (unpaired) electrons. The maximum absolute atomic E-state index is 12.2. The fourth-order valence-electron chi connectivity index (χ4n) is 3.43. The van der Waals surface area contributed by atoms with Gasteiger partial charge in [-0.25, -0.2) is 4.79 Å². The molecule has 140 valence electrons. The normalized spacial score (nSPS) is 11.4. The van der Waals surface area contributed by atoms with Crippen molar-refractivity contribution in [2.75, 3.05) is 14.2 Å². The highest BCUT2D eigenvalue weighted by Crippen LogP contribution is 2.30. The van der Waals surface area contributed by atoms with E-state index in [-0.39, 0.29) is 5.63 Å². The van der Waals surface area contributed by atoms with Gasteiger partial charge in [-0.2, -0.15) is 0 Å². The summed E-state index contributed by atoms with van der Waals surface area (Å²) in [6.45, 7) is 2.05. The fraction of sp³-hybridized carbons (Fsp3) is 0.125. The Kier molecular flexibility index (Phi) is 4.62. The van der Waals surface area contributed by atoms with Crippen molar-refractivity contribution in [3.8, 4) is 11.5 Å². The highest BCUT2D eigenvalue weighted by molar-refractivity contribution is 6.07. The first-order valence-electron chi connectivity index (χ1n) is 8.97. The first kappa shape index (κ1) is 17.9. The first-order chi connectivity index (χ1) is 13.6. The fourth-order valence-corrected chi connectivity index (χ4v) is 3.43. The predicted molar refractivity (Wildman–Crippen MR) is 113 cm³/mol. The van der Waals surface area contributed by atoms with E-state index in [1.807, 2.05) is 61.5 Å². The number of aryl methyl sites for hydroxylation is 1. The Morgan fingerprint density at radius 1 is 0.821 bits per heavy atom. The van der Waals surface area contributed by atoms with E-state index in [9.17, 15) is 4.79 Å². The van der Waals surface area contributed by atoms with Crippen molar-refractivity contribution < 1.29 is 13.9 Å². The van der Waals surface area contributed by atoms with Gasteiger partial charge >= 0.3 is 5.63 Å². The van der Waals surface area contributed by atoms with E-state index in [0.29, 0.717) is 11.3 Å². The molecule has 0 unspecified atom stereocenters. The molecule has 1 heterocycles. The lowest BCUT2D eigenvalue weighted by atomic mass is 10.0. The SMILES string of the molecule is COc1ccc(/C=C/c2cc(=O)oc3c2ccc2c(C)cccc23)c(OC)c1. The van der Waals surface area contributed by atoms with Crippen molar-refractivity contribution in [3.05, 3.63) is 81.7 Å². The van der Waals surface area contributed by atoms with Gasteiger partial charge in [-0.3, -0.25) is 0 Å². The molecule has 0 atom stereocenters. The summed E-state index contributed by atoms with van der Waals surface area (Å²) < 4.78 is 16.3. The molecule has 0 N–H and O–H groups in total. The van der Waals surface area contributed by atoms with Crippen LogP contribution in [0, 0.1) is 6.92 Å². The third-order valence-corrected chi connectivity index (χ3v) is 4.90. The Morgan fingerprint density at radius 2 is 1.61 bits per heavy atom. The zero-order valence-corrected chi connectivity index (χ0v) is 16.0. The third-order valence-electron chi connectivity index (χ3n) is 4.90. The van der Waals surface area contributed by atoms with E-state index in [1.54, 1.807) is 14.2 Å². The van der Waals surface area contributed by atoms with Crippen LogP contribution in [0.3, 0.4) is 0 Å². The molecule has 28 heavy (non-hydrogen) atoms. The van der Waals surface area contributed by atoms with Crippen LogP contribution in [-0.2, 0) is 0 Å². The van der Waals surface area contributed by atoms with Gasteiger partial charge in [-0.05, 0) is 41.6 Å². The topological polar surface area (TPSA) is 48.7 Å². The Balaban J connectivity index is 1.88. The second kappa shape index (κ2) is 7.24. The molecule has 0 fully saturated rings. The van der Waals surface area contributed by atoms with Gasteiger partial charge in [0, 0.05) is 28.5 Å². The first-order valence-corrected chi connectivity index (χ1v) is 8.97. The molecule has 0 saturated carbocycles. The van der Waals surface area contributed by atoms with Crippen molar-refractivity contribution >= 4 is 33.9 Å². The van der Waals surface area contributed by atoms with Crippen LogP contribution in [-0.4, -0.2) is 14.2 Å². The molecular formula is C24H20O4. The van der Waals surface area contributed by atoms with Gasteiger partial charge in [-0.1, -0.05) is 36.4 Å². The Hall–Kier alpha value is -3.53. The van der Waals surface area contributed by atoms with Gasteiger partial charge < -0.3 is 13.9 Å². The van der Waals surface area contributed by atoms with E-state index >= 15 is 0 Å². The molecular weight excluding hydrogens is 352 g/mol. The van der Waals surface area contributed by atoms with Crippen LogP contribution < -0.4 is 15.1 Å². The lowest BCUT2D eigenvalue weighted by molar-refractivity contribution is 0.394. The van der Waals surface area contributed by atoms with Crippen LogP contribution in [0.2, 0.25) is 0 Å². The highest BCUT2D eigenvalue weighted by Gasteiger charge is 2.09. The van der Waals surface area contributed by atoms with Crippen LogP contribution in [0.4, 0.5) is 0 Å². The minimum absolute atomic E-state index is 0.372. The van der Waals surface area contributed by atoms with Gasteiger partial charge in [0.05, 0.1) is 14.2 Å². The van der Waals surface area contributed by atoms with E-state index in [0.717, 1.165) is 38.6 Å². The quantitative estimate of drug-likeness (QED) is 0.353. The molecule has 3 aromatic carbocycles. The van der Waals surface area contributed by atoms with Crippen molar-refractivity contribution in [2.24, 2.45) is 0 Å². The van der Waals surface area contributed by atoms with Crippen LogP contribution in [0.25, 0.3) is 33.9 Å². The van der Waals surface area contributed by atoms with Gasteiger partial charge in [0.1, 0.15) is 17.1 Å². The van der Waals surface area contributed by atoms with Crippen LogP contribution >= 0.6 is 0 Å². The molecule has 0 amide bonds. The predicted octanol–water partition coefficient (Wildman–Crippen LogP) is 5.44. The maximum atomic E-state index is 12.2. The van der Waals surface area contributed by atoms with Gasteiger partial charge in [0.2, 0.25) is 0 Å². The summed E-state index contributed by atoms with van der Waals surface area (Å²) in [6, 6.07) is 17.2. The largest absolute Gasteiger partial charge is 0.497 e. The molecule has 0 aliphatic rings. The van der Waals surface area contributed by atoms with E-state index < -0.39 is 0 Å². The molecule has 0 aliphatic carbocycles. The molecule has 4 heteroatoms. The van der Waals surface area contributed by atoms with Crippen molar-refractivity contribution in [1.29, 1.82) is 0 Å². The van der Waals surface area contributed by atoms with E-state index in [4.69, 9.17) is 13.9 Å². The number of ether oxygens (including phenoxy) is 2. The Bertz CT molecular complexity index is 1270. The standard InChI is InChI=1S/C24H20O4/c1-15-5-4-6-21-19(15)11-12-20-17(13-23(25)28-24(20)21)8-7-16-9-10-18(26-2)14-22(16)27-3/h4-14H,1-3H3/b8-7+. The maximum Gasteiger partial charge on any atom is 0.336 e. The van der Waals surface area contributed by atoms with Crippen molar-refractivity contribution in [3.63, 3.8) is 0 Å². The Labute approximate surface area is 162 Å². The number of hydrogen-bond donors (Lipinski definition) is 0. The second-order valence-electron chi connectivity index (χ2n) is 6.57. The van der Waals surface area contributed by atoms with Gasteiger partial charge in [0.15, 0.2) is 0 Å². The number of rotatable bonds is 4. The average Bonchev–Trinajstić information content (AvgIpc) is 2.72. The lowest BCUT2D eigenvalue weighted by Gasteiger charge is -2.08. The third kappa shape index (κ3) is 3.14. The summed E-state index contributed by atoms with van der Waals surface area (Å²) in [5.41, 5.74) is 3.07. The number of benzene rings is 3. The van der Waals surface area contributed by atoms with Gasteiger partial charge in [0.25, 0.3) is 0 Å². The van der Waals surface area contributed by atoms with Crippen LogP contribution in [0.1, 0.15) is 16.7 Å². The minimum Gasteiger partial charge on any atom is -0.497 e. The average molecular weight is 372 g/mol. The molecule has 4 rings (SSSR count). The minimum atomic E-state index is -0.372. The molecule has 0 spiro atoms. The van der Waals surface area contributed by atoms with Crippen LogP contribution in [0.15, 0.2) is 63.8 Å². The summed E-state index contributed by atoms with van der Waals surface area (Å²) in [5, 5.41) is 2.91. The summed E-state index contributed by atoms with van der Waals surface area (Å²) in [7, 11) is 3.23. The van der Waals surface area contributed by atoms with Crippen molar-refractivity contribution in [1.82, 2.24) is 0 Å². The molecule has 0 aliphatic heterocycles. The monoisotopic (exact) mass is 372 g/mol. The lowest BCUT2D eigenvalue weighted by Crippen LogP contribution is -1.98. The molecule has 0 saturated heterocycles. The molecule has 1 aromatic heterocycles. The number of fused-ring (bicyclic) bond motifs is 3. The summed E-state index contributed by atoms with van der Waals surface area (Å²) in [4.78, 5) is 12.2. The van der Waals surface area contributed by atoms with E-state index in [2.05, 4.69) is 6.07 Å². The highest BCUT2D eigenvalue weighted by atomic mass is 16.5. The zero-order valence-electron chi connectivity index (χ0n) is 16.0. The number of methoxy groups -OCH3 is 2. The molecule has 4 nitrogen and oxygen atoms in total. The zero-order chi connectivity index (χ0) is 19.7. The van der Waals surface area contributed by atoms with Crippen LogP contribution in [0.5, 0.6) is 11.5 Å². The Morgan fingerprint density at radius 3 is 2.39 bits per heavy atom.